The van der Waals surface area contributed by atoms with E-state index in [0.717, 1.165) is 19.0 Å². The monoisotopic (exact) mass is 205 g/mol. The van der Waals surface area contributed by atoms with Crippen molar-refractivity contribution in [2.24, 2.45) is 7.05 Å². The summed E-state index contributed by atoms with van der Waals surface area (Å²) in [7, 11) is 1.97. The molecule has 2 aromatic rings. The topological polar surface area (TPSA) is 47.7 Å². The van der Waals surface area contributed by atoms with Crippen LogP contribution in [0.2, 0.25) is 0 Å². The van der Waals surface area contributed by atoms with E-state index < -0.39 is 0 Å². The summed E-state index contributed by atoms with van der Waals surface area (Å²) in [6.45, 7) is 3.71. The summed E-state index contributed by atoms with van der Waals surface area (Å²) >= 11 is 0. The van der Waals surface area contributed by atoms with Crippen LogP contribution < -0.4 is 5.32 Å². The molecule has 5 nitrogen and oxygen atoms in total. The molecule has 0 aliphatic carbocycles. The molecular weight excluding hydrogens is 190 g/mol. The summed E-state index contributed by atoms with van der Waals surface area (Å²) in [6, 6.07) is 0. The van der Waals surface area contributed by atoms with E-state index in [9.17, 15) is 0 Å². The minimum absolute atomic E-state index is 0.825. The lowest BCUT2D eigenvalue weighted by Crippen LogP contribution is -2.13. The van der Waals surface area contributed by atoms with Crippen LogP contribution in [-0.4, -0.2) is 25.9 Å². The second-order valence-electron chi connectivity index (χ2n) is 3.57. The second-order valence-corrected chi connectivity index (χ2v) is 3.57. The fourth-order valence-electron chi connectivity index (χ4n) is 1.41. The van der Waals surface area contributed by atoms with E-state index in [1.54, 1.807) is 6.20 Å². The van der Waals surface area contributed by atoms with Gasteiger partial charge in [-0.25, -0.2) is 4.98 Å². The molecule has 0 amide bonds. The van der Waals surface area contributed by atoms with Gasteiger partial charge in [-0.1, -0.05) is 0 Å². The van der Waals surface area contributed by atoms with Crippen molar-refractivity contribution in [2.45, 2.75) is 13.5 Å². The Hall–Kier alpha value is -1.78. The molecule has 0 unspecified atom stereocenters. The molecule has 2 rings (SSSR count). The average Bonchev–Trinajstić information content (AvgIpc) is 2.77. The van der Waals surface area contributed by atoms with Crippen LogP contribution in [0.3, 0.4) is 0 Å². The molecule has 0 aliphatic rings. The van der Waals surface area contributed by atoms with Crippen LogP contribution in [-0.2, 0) is 13.6 Å². The third-order valence-electron chi connectivity index (χ3n) is 2.21. The summed E-state index contributed by atoms with van der Waals surface area (Å²) in [6.07, 6.45) is 7.58. The van der Waals surface area contributed by atoms with Gasteiger partial charge in [0, 0.05) is 32.2 Å². The number of nitrogens with one attached hydrogen (secondary N) is 1. The molecule has 0 radical (unpaired) electrons. The van der Waals surface area contributed by atoms with Gasteiger partial charge in [0.1, 0.15) is 0 Å². The van der Waals surface area contributed by atoms with Gasteiger partial charge in [-0.3, -0.25) is 4.68 Å². The molecule has 0 aromatic carbocycles. The minimum Gasteiger partial charge on any atom is -0.354 e. The van der Waals surface area contributed by atoms with Gasteiger partial charge >= 0.3 is 0 Å². The predicted molar refractivity (Wildman–Crippen MR) is 58.7 cm³/mol. The van der Waals surface area contributed by atoms with Crippen LogP contribution in [0.4, 0.5) is 5.95 Å². The first-order valence-corrected chi connectivity index (χ1v) is 4.96. The van der Waals surface area contributed by atoms with Gasteiger partial charge in [0.2, 0.25) is 5.95 Å². The van der Waals surface area contributed by atoms with E-state index in [0.29, 0.717) is 0 Å². The highest BCUT2D eigenvalue weighted by Crippen LogP contribution is 2.00. The van der Waals surface area contributed by atoms with Crippen molar-refractivity contribution in [3.05, 3.63) is 30.4 Å². The Labute approximate surface area is 88.7 Å². The van der Waals surface area contributed by atoms with Gasteiger partial charge in [0.05, 0.1) is 12.7 Å². The highest BCUT2D eigenvalue weighted by molar-refractivity contribution is 5.24. The van der Waals surface area contributed by atoms with Crippen LogP contribution in [0.5, 0.6) is 0 Å². The molecule has 0 spiro atoms. The molecular formula is C10H15N5. The van der Waals surface area contributed by atoms with Crippen molar-refractivity contribution in [3.8, 4) is 0 Å². The number of nitrogens with zero attached hydrogens (tertiary/aromatic N) is 4. The van der Waals surface area contributed by atoms with Crippen molar-refractivity contribution in [1.82, 2.24) is 19.3 Å². The SMILES string of the molecule is Cc1cnn(CCNc2nccn2C)c1. The number of rotatable bonds is 4. The van der Waals surface area contributed by atoms with Crippen molar-refractivity contribution >= 4 is 5.95 Å². The normalized spacial score (nSPS) is 10.5. The molecule has 0 fully saturated rings. The third kappa shape index (κ3) is 2.37. The Morgan fingerprint density at radius 3 is 2.93 bits per heavy atom. The van der Waals surface area contributed by atoms with Crippen molar-refractivity contribution in [2.75, 3.05) is 11.9 Å². The Kier molecular flexibility index (Phi) is 2.71. The number of hydrogen-bond acceptors (Lipinski definition) is 3. The van der Waals surface area contributed by atoms with Crippen molar-refractivity contribution in [3.63, 3.8) is 0 Å². The Balaban J connectivity index is 1.83. The van der Waals surface area contributed by atoms with Crippen LogP contribution in [0.15, 0.2) is 24.8 Å². The number of anilines is 1. The second kappa shape index (κ2) is 4.16. The van der Waals surface area contributed by atoms with Gasteiger partial charge in [0.15, 0.2) is 0 Å². The number of hydrogen-bond donors (Lipinski definition) is 1. The standard InChI is InChI=1S/C10H15N5/c1-9-7-13-15(8-9)6-4-12-10-11-3-5-14(10)2/h3,5,7-8H,4,6H2,1-2H3,(H,11,12). The zero-order valence-corrected chi connectivity index (χ0v) is 9.01. The first kappa shape index (κ1) is 9.76. The summed E-state index contributed by atoms with van der Waals surface area (Å²) in [4.78, 5) is 4.17. The maximum absolute atomic E-state index is 4.21. The molecule has 0 bridgehead atoms. The zero-order chi connectivity index (χ0) is 10.7. The van der Waals surface area contributed by atoms with E-state index >= 15 is 0 Å². The molecule has 80 valence electrons. The number of imidazole rings is 1. The molecule has 0 saturated carbocycles. The summed E-state index contributed by atoms with van der Waals surface area (Å²) < 4.78 is 3.87. The molecule has 15 heavy (non-hydrogen) atoms. The van der Waals surface area contributed by atoms with Gasteiger partial charge in [-0.05, 0) is 12.5 Å². The highest BCUT2D eigenvalue weighted by atomic mass is 15.3. The maximum Gasteiger partial charge on any atom is 0.202 e. The van der Waals surface area contributed by atoms with Crippen molar-refractivity contribution in [1.29, 1.82) is 0 Å². The van der Waals surface area contributed by atoms with E-state index in [2.05, 4.69) is 15.4 Å². The molecule has 0 saturated heterocycles. The van der Waals surface area contributed by atoms with Gasteiger partial charge in [0.25, 0.3) is 0 Å². The zero-order valence-electron chi connectivity index (χ0n) is 9.01. The quantitative estimate of drug-likeness (QED) is 0.811. The number of aromatic nitrogens is 4. The van der Waals surface area contributed by atoms with E-state index in [1.165, 1.54) is 5.56 Å². The predicted octanol–water partition coefficient (Wildman–Crippen LogP) is 1.04. The van der Waals surface area contributed by atoms with Crippen LogP contribution in [0.1, 0.15) is 5.56 Å². The van der Waals surface area contributed by atoms with Gasteiger partial charge in [-0.15, -0.1) is 0 Å². The fourth-order valence-corrected chi connectivity index (χ4v) is 1.41. The Morgan fingerprint density at radius 1 is 1.47 bits per heavy atom. The molecule has 0 atom stereocenters. The lowest BCUT2D eigenvalue weighted by Gasteiger charge is -2.05. The molecule has 0 aliphatic heterocycles. The number of aryl methyl sites for hydroxylation is 2. The molecule has 2 heterocycles. The maximum atomic E-state index is 4.21. The fraction of sp³-hybridized carbons (Fsp3) is 0.400. The minimum atomic E-state index is 0.825. The summed E-state index contributed by atoms with van der Waals surface area (Å²) in [5.41, 5.74) is 1.19. The molecule has 5 heteroatoms. The van der Waals surface area contributed by atoms with Crippen molar-refractivity contribution < 1.29 is 0 Å². The van der Waals surface area contributed by atoms with Crippen LogP contribution in [0, 0.1) is 6.92 Å². The Morgan fingerprint density at radius 2 is 2.33 bits per heavy atom. The Bertz CT molecular complexity index is 428. The highest BCUT2D eigenvalue weighted by Gasteiger charge is 1.97. The van der Waals surface area contributed by atoms with Gasteiger partial charge in [-0.2, -0.15) is 5.10 Å². The third-order valence-corrected chi connectivity index (χ3v) is 2.21. The first-order chi connectivity index (χ1) is 7.25. The summed E-state index contributed by atoms with van der Waals surface area (Å²) in [5, 5.41) is 7.45. The average molecular weight is 205 g/mol. The van der Waals surface area contributed by atoms with E-state index in [-0.39, 0.29) is 0 Å². The molecule has 1 N–H and O–H groups in total. The molecule has 2 aromatic heterocycles. The summed E-state index contributed by atoms with van der Waals surface area (Å²) in [5.74, 6) is 0.888. The van der Waals surface area contributed by atoms with E-state index in [4.69, 9.17) is 0 Å². The van der Waals surface area contributed by atoms with E-state index in [1.807, 2.05) is 41.8 Å². The smallest absolute Gasteiger partial charge is 0.202 e. The first-order valence-electron chi connectivity index (χ1n) is 4.96. The largest absolute Gasteiger partial charge is 0.354 e. The lowest BCUT2D eigenvalue weighted by atomic mass is 10.4. The van der Waals surface area contributed by atoms with Gasteiger partial charge < -0.3 is 9.88 Å². The van der Waals surface area contributed by atoms with Crippen LogP contribution >= 0.6 is 0 Å². The van der Waals surface area contributed by atoms with Crippen LogP contribution in [0.25, 0.3) is 0 Å². The lowest BCUT2D eigenvalue weighted by molar-refractivity contribution is 0.634.